The Morgan fingerprint density at radius 2 is 2.00 bits per heavy atom. The van der Waals surface area contributed by atoms with E-state index in [0.717, 1.165) is 28.9 Å². The van der Waals surface area contributed by atoms with Gasteiger partial charge in [-0.25, -0.2) is 0 Å². The van der Waals surface area contributed by atoms with Crippen molar-refractivity contribution in [1.82, 2.24) is 4.98 Å². The van der Waals surface area contributed by atoms with Gasteiger partial charge in [0, 0.05) is 23.8 Å². The lowest BCUT2D eigenvalue weighted by atomic mass is 10.2. The maximum atomic E-state index is 5.52. The molecule has 0 radical (unpaired) electrons. The summed E-state index contributed by atoms with van der Waals surface area (Å²) in [6, 6.07) is 18.4. The Labute approximate surface area is 124 Å². The zero-order chi connectivity index (χ0) is 14.5. The molecule has 0 saturated carbocycles. The second kappa shape index (κ2) is 6.27. The molecule has 0 amide bonds. The Hall–Kier alpha value is -2.55. The van der Waals surface area contributed by atoms with Gasteiger partial charge in [-0.15, -0.1) is 0 Å². The molecule has 3 rings (SSSR count). The van der Waals surface area contributed by atoms with E-state index in [4.69, 9.17) is 4.74 Å². The van der Waals surface area contributed by atoms with Crippen LogP contribution in [0, 0.1) is 0 Å². The molecule has 1 heterocycles. The van der Waals surface area contributed by atoms with E-state index in [2.05, 4.69) is 40.6 Å². The van der Waals surface area contributed by atoms with E-state index in [1.54, 1.807) is 0 Å². The van der Waals surface area contributed by atoms with Crippen molar-refractivity contribution in [2.24, 2.45) is 0 Å². The summed E-state index contributed by atoms with van der Waals surface area (Å²) < 4.78 is 5.52. The van der Waals surface area contributed by atoms with E-state index in [1.165, 1.54) is 5.56 Å². The molecule has 0 aliphatic rings. The molecule has 106 valence electrons. The standard InChI is InChI=1S/C18H18N2O/c1-2-21-17-7-3-5-14(11-17)13-20-16-8-9-18-15(12-16)6-4-10-19-18/h3-12,20H,2,13H2,1H3. The third-order valence-corrected chi connectivity index (χ3v) is 3.31. The number of hydrogen-bond acceptors (Lipinski definition) is 3. The Bertz CT molecular complexity index is 740. The number of aromatic nitrogens is 1. The topological polar surface area (TPSA) is 34.1 Å². The Morgan fingerprint density at radius 3 is 2.90 bits per heavy atom. The van der Waals surface area contributed by atoms with E-state index in [1.807, 2.05) is 37.4 Å². The molecule has 1 N–H and O–H groups in total. The second-order valence-corrected chi connectivity index (χ2v) is 4.84. The van der Waals surface area contributed by atoms with Crippen LogP contribution in [-0.4, -0.2) is 11.6 Å². The number of nitrogens with zero attached hydrogens (tertiary/aromatic N) is 1. The SMILES string of the molecule is CCOc1cccc(CNc2ccc3ncccc3c2)c1. The maximum Gasteiger partial charge on any atom is 0.119 e. The molecule has 3 nitrogen and oxygen atoms in total. The molecule has 2 aromatic carbocycles. The van der Waals surface area contributed by atoms with Crippen molar-refractivity contribution in [3.05, 3.63) is 66.4 Å². The van der Waals surface area contributed by atoms with Crippen LogP contribution < -0.4 is 10.1 Å². The van der Waals surface area contributed by atoms with Gasteiger partial charge in [-0.1, -0.05) is 18.2 Å². The largest absolute Gasteiger partial charge is 0.494 e. The molecule has 3 heteroatoms. The van der Waals surface area contributed by atoms with E-state index in [-0.39, 0.29) is 0 Å². The minimum Gasteiger partial charge on any atom is -0.494 e. The predicted octanol–water partition coefficient (Wildman–Crippen LogP) is 4.25. The summed E-state index contributed by atoms with van der Waals surface area (Å²) in [7, 11) is 0. The number of ether oxygens (including phenoxy) is 1. The molecule has 0 saturated heterocycles. The molecule has 0 bridgehead atoms. The lowest BCUT2D eigenvalue weighted by Crippen LogP contribution is -2.00. The molecule has 3 aromatic rings. The first-order chi connectivity index (χ1) is 10.3. The van der Waals surface area contributed by atoms with Gasteiger partial charge in [0.1, 0.15) is 5.75 Å². The first-order valence-electron chi connectivity index (χ1n) is 7.15. The number of pyridine rings is 1. The highest BCUT2D eigenvalue weighted by Crippen LogP contribution is 2.19. The maximum absolute atomic E-state index is 5.52. The fourth-order valence-electron chi connectivity index (χ4n) is 2.30. The molecule has 1 aromatic heterocycles. The van der Waals surface area contributed by atoms with Crippen molar-refractivity contribution in [3.63, 3.8) is 0 Å². The van der Waals surface area contributed by atoms with Crippen LogP contribution in [0.15, 0.2) is 60.8 Å². The first-order valence-corrected chi connectivity index (χ1v) is 7.15. The monoisotopic (exact) mass is 278 g/mol. The predicted molar refractivity (Wildman–Crippen MR) is 86.7 cm³/mol. The van der Waals surface area contributed by atoms with Crippen LogP contribution in [0.5, 0.6) is 5.75 Å². The Kier molecular flexibility index (Phi) is 4.01. The Morgan fingerprint density at radius 1 is 1.05 bits per heavy atom. The zero-order valence-corrected chi connectivity index (χ0v) is 12.0. The van der Waals surface area contributed by atoms with Crippen molar-refractivity contribution in [1.29, 1.82) is 0 Å². The lowest BCUT2D eigenvalue weighted by Gasteiger charge is -2.09. The zero-order valence-electron chi connectivity index (χ0n) is 12.0. The van der Waals surface area contributed by atoms with Gasteiger partial charge in [0.15, 0.2) is 0 Å². The molecular weight excluding hydrogens is 260 g/mol. The van der Waals surface area contributed by atoms with E-state index in [9.17, 15) is 0 Å². The summed E-state index contributed by atoms with van der Waals surface area (Å²) in [5.74, 6) is 0.916. The molecule has 0 spiro atoms. The van der Waals surface area contributed by atoms with Crippen LogP contribution in [-0.2, 0) is 6.54 Å². The highest BCUT2D eigenvalue weighted by molar-refractivity contribution is 5.82. The van der Waals surface area contributed by atoms with Crippen molar-refractivity contribution in [3.8, 4) is 5.75 Å². The summed E-state index contributed by atoms with van der Waals surface area (Å²) in [5, 5.41) is 4.58. The van der Waals surface area contributed by atoms with Crippen molar-refractivity contribution in [2.45, 2.75) is 13.5 Å². The minimum atomic E-state index is 0.689. The smallest absolute Gasteiger partial charge is 0.119 e. The number of rotatable bonds is 5. The van der Waals surface area contributed by atoms with Gasteiger partial charge in [-0.2, -0.15) is 0 Å². The average molecular weight is 278 g/mol. The molecule has 0 aliphatic carbocycles. The number of nitrogens with one attached hydrogen (secondary N) is 1. The fraction of sp³-hybridized carbons (Fsp3) is 0.167. The second-order valence-electron chi connectivity index (χ2n) is 4.84. The quantitative estimate of drug-likeness (QED) is 0.757. The third kappa shape index (κ3) is 3.31. The number of anilines is 1. The number of fused-ring (bicyclic) bond motifs is 1. The summed E-state index contributed by atoms with van der Waals surface area (Å²) in [6.07, 6.45) is 1.81. The normalized spacial score (nSPS) is 10.5. The minimum absolute atomic E-state index is 0.689. The van der Waals surface area contributed by atoms with E-state index in [0.29, 0.717) is 6.61 Å². The molecular formula is C18H18N2O. The third-order valence-electron chi connectivity index (χ3n) is 3.31. The van der Waals surface area contributed by atoms with Gasteiger partial charge in [0.2, 0.25) is 0 Å². The first kappa shape index (κ1) is 13.4. The van der Waals surface area contributed by atoms with E-state index < -0.39 is 0 Å². The number of hydrogen-bond donors (Lipinski definition) is 1. The fourth-order valence-corrected chi connectivity index (χ4v) is 2.30. The highest BCUT2D eigenvalue weighted by atomic mass is 16.5. The van der Waals surface area contributed by atoms with Crippen molar-refractivity contribution in [2.75, 3.05) is 11.9 Å². The van der Waals surface area contributed by atoms with Gasteiger partial charge >= 0.3 is 0 Å². The van der Waals surface area contributed by atoms with Crippen LogP contribution in [0.25, 0.3) is 10.9 Å². The molecule has 0 atom stereocenters. The molecule has 0 aliphatic heterocycles. The molecule has 0 fully saturated rings. The summed E-state index contributed by atoms with van der Waals surface area (Å²) >= 11 is 0. The summed E-state index contributed by atoms with van der Waals surface area (Å²) in [4.78, 5) is 4.33. The molecule has 21 heavy (non-hydrogen) atoms. The lowest BCUT2D eigenvalue weighted by molar-refractivity contribution is 0.340. The summed E-state index contributed by atoms with van der Waals surface area (Å²) in [6.45, 7) is 3.45. The van der Waals surface area contributed by atoms with E-state index >= 15 is 0 Å². The van der Waals surface area contributed by atoms with Crippen LogP contribution in [0.4, 0.5) is 5.69 Å². The van der Waals surface area contributed by atoms with Gasteiger partial charge < -0.3 is 10.1 Å². The Balaban J connectivity index is 1.72. The van der Waals surface area contributed by atoms with Gasteiger partial charge in [-0.05, 0) is 48.9 Å². The highest BCUT2D eigenvalue weighted by Gasteiger charge is 1.99. The summed E-state index contributed by atoms with van der Waals surface area (Å²) in [5.41, 5.74) is 3.31. The van der Waals surface area contributed by atoms with Crippen LogP contribution >= 0.6 is 0 Å². The van der Waals surface area contributed by atoms with Crippen LogP contribution in [0.2, 0.25) is 0 Å². The average Bonchev–Trinajstić information content (AvgIpc) is 2.53. The van der Waals surface area contributed by atoms with Crippen molar-refractivity contribution >= 4 is 16.6 Å². The van der Waals surface area contributed by atoms with Gasteiger partial charge in [-0.3, -0.25) is 4.98 Å². The number of benzene rings is 2. The van der Waals surface area contributed by atoms with Gasteiger partial charge in [0.25, 0.3) is 0 Å². The van der Waals surface area contributed by atoms with Crippen LogP contribution in [0.3, 0.4) is 0 Å². The van der Waals surface area contributed by atoms with Crippen LogP contribution in [0.1, 0.15) is 12.5 Å². The van der Waals surface area contributed by atoms with Crippen molar-refractivity contribution < 1.29 is 4.74 Å². The molecule has 0 unspecified atom stereocenters. The van der Waals surface area contributed by atoms with Gasteiger partial charge in [0.05, 0.1) is 12.1 Å².